The van der Waals surface area contributed by atoms with Crippen molar-refractivity contribution >= 4 is 0 Å². The lowest BCUT2D eigenvalue weighted by molar-refractivity contribution is -0.394. The summed E-state index contributed by atoms with van der Waals surface area (Å²) in [5.74, 6) is -0.803. The van der Waals surface area contributed by atoms with Crippen molar-refractivity contribution in [2.75, 3.05) is 19.8 Å². The Balaban J connectivity index is 1.98. The summed E-state index contributed by atoms with van der Waals surface area (Å²) in [5.41, 5.74) is 2.06. The second-order valence-corrected chi connectivity index (χ2v) is 3.55. The average molecular weight is 182 g/mol. The van der Waals surface area contributed by atoms with Crippen LogP contribution >= 0.6 is 0 Å². The van der Waals surface area contributed by atoms with Crippen LogP contribution in [0.4, 0.5) is 0 Å². The zero-order valence-electron chi connectivity index (χ0n) is 7.67. The van der Waals surface area contributed by atoms with Gasteiger partial charge in [-0.05, 0) is 12.0 Å². The van der Waals surface area contributed by atoms with E-state index < -0.39 is 5.97 Å². The molecule has 13 heavy (non-hydrogen) atoms. The predicted octanol–water partition coefficient (Wildman–Crippen LogP) is 1.61. The summed E-state index contributed by atoms with van der Waals surface area (Å²) in [5, 5.41) is 0. The first kappa shape index (κ1) is 8.94. The summed E-state index contributed by atoms with van der Waals surface area (Å²) < 4.78 is 16.4. The standard InChI is InChI=1S/C10H14O3/c1-8-3-4-10(11-5-8)12-6-9(2)7-13-10/h1-7H2. The van der Waals surface area contributed by atoms with Gasteiger partial charge in [-0.2, -0.15) is 0 Å². The SMILES string of the molecule is C=C1CCC2(OC1)OCC(=C)CO2. The summed E-state index contributed by atoms with van der Waals surface area (Å²) in [6, 6.07) is 0. The molecule has 0 radical (unpaired) electrons. The van der Waals surface area contributed by atoms with Crippen molar-refractivity contribution in [2.45, 2.75) is 18.8 Å². The third-order valence-electron chi connectivity index (χ3n) is 2.27. The van der Waals surface area contributed by atoms with E-state index in [9.17, 15) is 0 Å². The molecule has 3 nitrogen and oxygen atoms in total. The Morgan fingerprint density at radius 1 is 0.923 bits per heavy atom. The monoisotopic (exact) mass is 182 g/mol. The minimum atomic E-state index is -0.803. The van der Waals surface area contributed by atoms with Gasteiger partial charge in [0.15, 0.2) is 0 Å². The molecule has 72 valence electrons. The van der Waals surface area contributed by atoms with Crippen molar-refractivity contribution in [3.05, 3.63) is 24.3 Å². The van der Waals surface area contributed by atoms with E-state index in [0.29, 0.717) is 19.8 Å². The third kappa shape index (κ3) is 1.82. The fourth-order valence-electron chi connectivity index (χ4n) is 1.42. The number of hydrogen-bond acceptors (Lipinski definition) is 3. The highest BCUT2D eigenvalue weighted by molar-refractivity contribution is 5.02. The van der Waals surface area contributed by atoms with Gasteiger partial charge in [0.2, 0.25) is 0 Å². The average Bonchev–Trinajstić information content (AvgIpc) is 2.16. The highest BCUT2D eigenvalue weighted by atomic mass is 16.9. The van der Waals surface area contributed by atoms with Gasteiger partial charge in [-0.1, -0.05) is 18.7 Å². The molecule has 2 saturated heterocycles. The fraction of sp³-hybridized carbons (Fsp3) is 0.600. The van der Waals surface area contributed by atoms with Crippen LogP contribution in [0, 0.1) is 0 Å². The van der Waals surface area contributed by atoms with Gasteiger partial charge in [0.25, 0.3) is 5.97 Å². The molecular formula is C10H14O3. The summed E-state index contributed by atoms with van der Waals surface area (Å²) in [4.78, 5) is 0. The molecule has 0 amide bonds. The third-order valence-corrected chi connectivity index (χ3v) is 2.27. The van der Waals surface area contributed by atoms with Gasteiger partial charge < -0.3 is 14.2 Å². The van der Waals surface area contributed by atoms with Crippen LogP contribution in [0.25, 0.3) is 0 Å². The first-order chi connectivity index (χ1) is 6.20. The van der Waals surface area contributed by atoms with Crippen LogP contribution in [0.15, 0.2) is 24.3 Å². The van der Waals surface area contributed by atoms with Crippen LogP contribution in [0.1, 0.15) is 12.8 Å². The van der Waals surface area contributed by atoms with Crippen LogP contribution in [-0.2, 0) is 14.2 Å². The van der Waals surface area contributed by atoms with Gasteiger partial charge in [-0.15, -0.1) is 0 Å². The van der Waals surface area contributed by atoms with E-state index in [-0.39, 0.29) is 0 Å². The molecule has 0 aromatic heterocycles. The van der Waals surface area contributed by atoms with E-state index >= 15 is 0 Å². The highest BCUT2D eigenvalue weighted by Crippen LogP contribution is 2.32. The molecule has 1 spiro atoms. The Hall–Kier alpha value is -0.640. The summed E-state index contributed by atoms with van der Waals surface area (Å²) in [7, 11) is 0. The number of hydrogen-bond donors (Lipinski definition) is 0. The van der Waals surface area contributed by atoms with Gasteiger partial charge in [-0.25, -0.2) is 0 Å². The molecule has 0 unspecified atom stereocenters. The predicted molar refractivity (Wildman–Crippen MR) is 48.1 cm³/mol. The second-order valence-electron chi connectivity index (χ2n) is 3.55. The molecule has 2 aliphatic heterocycles. The summed E-state index contributed by atoms with van der Waals surface area (Å²) in [6.45, 7) is 9.24. The van der Waals surface area contributed by atoms with Crippen LogP contribution in [0.2, 0.25) is 0 Å². The van der Waals surface area contributed by atoms with Crippen molar-refractivity contribution in [1.29, 1.82) is 0 Å². The van der Waals surface area contributed by atoms with Crippen molar-refractivity contribution in [3.63, 3.8) is 0 Å². The molecule has 0 saturated carbocycles. The van der Waals surface area contributed by atoms with Crippen molar-refractivity contribution in [2.24, 2.45) is 0 Å². The number of ether oxygens (including phenoxy) is 3. The summed E-state index contributed by atoms with van der Waals surface area (Å²) >= 11 is 0. The minimum absolute atomic E-state index is 0.534. The van der Waals surface area contributed by atoms with E-state index in [4.69, 9.17) is 14.2 Å². The molecular weight excluding hydrogens is 168 g/mol. The minimum Gasteiger partial charge on any atom is -0.323 e. The van der Waals surface area contributed by atoms with Gasteiger partial charge in [0.05, 0.1) is 19.8 Å². The first-order valence-corrected chi connectivity index (χ1v) is 4.45. The molecule has 2 rings (SSSR count). The van der Waals surface area contributed by atoms with Crippen LogP contribution in [0.3, 0.4) is 0 Å². The van der Waals surface area contributed by atoms with E-state index in [1.165, 1.54) is 0 Å². The van der Waals surface area contributed by atoms with E-state index in [2.05, 4.69) is 13.2 Å². The van der Waals surface area contributed by atoms with Gasteiger partial charge in [0.1, 0.15) is 0 Å². The molecule has 0 aliphatic carbocycles. The molecule has 3 heteroatoms. The molecule has 2 fully saturated rings. The van der Waals surface area contributed by atoms with Crippen molar-refractivity contribution in [3.8, 4) is 0 Å². The maximum atomic E-state index is 5.48. The quantitative estimate of drug-likeness (QED) is 0.533. The lowest BCUT2D eigenvalue weighted by Crippen LogP contribution is -2.46. The van der Waals surface area contributed by atoms with Crippen LogP contribution in [-0.4, -0.2) is 25.8 Å². The second kappa shape index (κ2) is 3.25. The van der Waals surface area contributed by atoms with Gasteiger partial charge in [-0.3, -0.25) is 0 Å². The fourth-order valence-corrected chi connectivity index (χ4v) is 1.42. The molecule has 0 atom stereocenters. The Bertz CT molecular complexity index is 195. The van der Waals surface area contributed by atoms with Crippen LogP contribution < -0.4 is 0 Å². The Labute approximate surface area is 78.0 Å². The first-order valence-electron chi connectivity index (χ1n) is 4.45. The molecule has 2 heterocycles. The maximum Gasteiger partial charge on any atom is 0.284 e. The van der Waals surface area contributed by atoms with Crippen LogP contribution in [0.5, 0.6) is 0 Å². The lowest BCUT2D eigenvalue weighted by atomic mass is 10.1. The smallest absolute Gasteiger partial charge is 0.284 e. The molecule has 2 aliphatic rings. The summed E-state index contributed by atoms with van der Waals surface area (Å²) in [6.07, 6.45) is 1.64. The van der Waals surface area contributed by atoms with Crippen molar-refractivity contribution in [1.82, 2.24) is 0 Å². The molecule has 0 N–H and O–H groups in total. The molecule has 0 aromatic carbocycles. The number of rotatable bonds is 0. The molecule has 0 bridgehead atoms. The van der Waals surface area contributed by atoms with Crippen molar-refractivity contribution < 1.29 is 14.2 Å². The van der Waals surface area contributed by atoms with Gasteiger partial charge in [0, 0.05) is 6.42 Å². The molecule has 0 aromatic rings. The Kier molecular flexibility index (Phi) is 2.24. The Morgan fingerprint density at radius 3 is 1.92 bits per heavy atom. The zero-order chi connectivity index (χ0) is 9.31. The lowest BCUT2D eigenvalue weighted by Gasteiger charge is -2.40. The van der Waals surface area contributed by atoms with E-state index in [1.54, 1.807) is 0 Å². The van der Waals surface area contributed by atoms with E-state index in [1.807, 2.05) is 0 Å². The maximum absolute atomic E-state index is 5.48. The highest BCUT2D eigenvalue weighted by Gasteiger charge is 2.39. The van der Waals surface area contributed by atoms with Gasteiger partial charge >= 0.3 is 0 Å². The zero-order valence-corrected chi connectivity index (χ0v) is 7.67. The largest absolute Gasteiger partial charge is 0.323 e. The normalized spacial score (nSPS) is 28.0. The topological polar surface area (TPSA) is 27.7 Å². The Morgan fingerprint density at radius 2 is 1.46 bits per heavy atom. The van der Waals surface area contributed by atoms with E-state index in [0.717, 1.165) is 24.0 Å².